The van der Waals surface area contributed by atoms with Crippen LogP contribution in [0.1, 0.15) is 86.5 Å². The SMILES string of the molecule is CCCC1CC[C@@H]2C[C@H](c3cc(F)c(C#Cc4ccc(C)cc4)c(F)c3)CC[C@@H]2C1. The molecule has 0 aliphatic heterocycles. The van der Waals surface area contributed by atoms with E-state index in [0.717, 1.165) is 47.3 Å². The highest BCUT2D eigenvalue weighted by molar-refractivity contribution is 5.46. The van der Waals surface area contributed by atoms with Crippen molar-refractivity contribution in [2.75, 3.05) is 0 Å². The van der Waals surface area contributed by atoms with E-state index in [-0.39, 0.29) is 11.5 Å². The first kappa shape index (κ1) is 21.1. The molecule has 2 aliphatic rings. The maximum atomic E-state index is 14.8. The quantitative estimate of drug-likeness (QED) is 0.457. The molecule has 0 nitrogen and oxygen atoms in total. The van der Waals surface area contributed by atoms with E-state index in [0.29, 0.717) is 0 Å². The Kier molecular flexibility index (Phi) is 6.57. The Bertz CT molecular complexity index is 908. The van der Waals surface area contributed by atoms with Crippen LogP contribution in [0, 0.1) is 48.2 Å². The minimum atomic E-state index is -0.529. The Morgan fingerprint density at radius 3 is 2.23 bits per heavy atom. The summed E-state index contributed by atoms with van der Waals surface area (Å²) in [7, 11) is 0. The minimum absolute atomic E-state index is 0.118. The summed E-state index contributed by atoms with van der Waals surface area (Å²) >= 11 is 0. The molecule has 0 bridgehead atoms. The largest absolute Gasteiger partial charge is 0.206 e. The number of fused-ring (bicyclic) bond motifs is 1. The molecule has 0 saturated heterocycles. The molecule has 0 aromatic heterocycles. The zero-order chi connectivity index (χ0) is 21.1. The predicted octanol–water partition coefficient (Wildman–Crippen LogP) is 7.77. The first-order valence-electron chi connectivity index (χ1n) is 11.6. The van der Waals surface area contributed by atoms with E-state index in [1.165, 1.54) is 50.7 Å². The smallest absolute Gasteiger partial charge is 0.142 e. The lowest BCUT2D eigenvalue weighted by Crippen LogP contribution is -2.30. The Balaban J connectivity index is 1.47. The molecule has 0 radical (unpaired) electrons. The minimum Gasteiger partial charge on any atom is -0.206 e. The van der Waals surface area contributed by atoms with Gasteiger partial charge < -0.3 is 0 Å². The van der Waals surface area contributed by atoms with Crippen molar-refractivity contribution in [1.82, 2.24) is 0 Å². The fraction of sp³-hybridized carbons (Fsp3) is 0.500. The van der Waals surface area contributed by atoms with Crippen LogP contribution in [-0.2, 0) is 0 Å². The van der Waals surface area contributed by atoms with Gasteiger partial charge in [0.15, 0.2) is 0 Å². The van der Waals surface area contributed by atoms with E-state index < -0.39 is 11.6 Å². The van der Waals surface area contributed by atoms with Crippen LogP contribution in [0.25, 0.3) is 0 Å². The standard InChI is InChI=1S/C28H32F2/c1-3-4-21-9-11-23-16-24(13-12-22(23)15-21)25-17-27(29)26(28(30)18-25)14-10-20-7-5-19(2)6-8-20/h5-8,17-18,21-24H,3-4,9,11-13,15-16H2,1-2H3/t21?,22-,23-,24-/m1/s1. The Morgan fingerprint density at radius 1 is 0.867 bits per heavy atom. The summed E-state index contributed by atoms with van der Waals surface area (Å²) in [5.74, 6) is 7.26. The molecule has 0 amide bonds. The summed E-state index contributed by atoms with van der Waals surface area (Å²) < 4.78 is 29.5. The molecule has 0 spiro atoms. The first-order valence-corrected chi connectivity index (χ1v) is 11.6. The lowest BCUT2D eigenvalue weighted by molar-refractivity contribution is 0.114. The molecule has 4 rings (SSSR count). The zero-order valence-corrected chi connectivity index (χ0v) is 18.2. The summed E-state index contributed by atoms with van der Waals surface area (Å²) in [5, 5.41) is 0. The molecule has 0 N–H and O–H groups in total. The van der Waals surface area contributed by atoms with Crippen molar-refractivity contribution >= 4 is 0 Å². The van der Waals surface area contributed by atoms with Gasteiger partial charge in [0.25, 0.3) is 0 Å². The number of rotatable bonds is 3. The third-order valence-electron chi connectivity index (χ3n) is 7.34. The van der Waals surface area contributed by atoms with Crippen LogP contribution >= 0.6 is 0 Å². The van der Waals surface area contributed by atoms with Crippen molar-refractivity contribution in [2.45, 2.75) is 71.1 Å². The van der Waals surface area contributed by atoms with E-state index in [1.54, 1.807) is 0 Å². The average Bonchev–Trinajstić information content (AvgIpc) is 2.74. The molecule has 1 unspecified atom stereocenters. The fourth-order valence-corrected chi connectivity index (χ4v) is 5.68. The Morgan fingerprint density at radius 2 is 1.53 bits per heavy atom. The van der Waals surface area contributed by atoms with E-state index in [4.69, 9.17) is 0 Å². The summed E-state index contributed by atoms with van der Waals surface area (Å²) in [6, 6.07) is 10.7. The van der Waals surface area contributed by atoms with E-state index >= 15 is 0 Å². The normalized spacial score (nSPS) is 25.9. The molecular formula is C28H32F2. The number of halogens is 2. The second kappa shape index (κ2) is 9.34. The van der Waals surface area contributed by atoms with Crippen LogP contribution in [0.15, 0.2) is 36.4 Å². The summed E-state index contributed by atoms with van der Waals surface area (Å²) in [5.41, 5.74) is 2.60. The Hall–Kier alpha value is -2.14. The first-order chi connectivity index (χ1) is 14.5. The molecule has 30 heavy (non-hydrogen) atoms. The molecule has 2 aromatic rings. The average molecular weight is 407 g/mol. The van der Waals surface area contributed by atoms with Crippen molar-refractivity contribution in [3.63, 3.8) is 0 Å². The van der Waals surface area contributed by atoms with Crippen molar-refractivity contribution in [1.29, 1.82) is 0 Å². The van der Waals surface area contributed by atoms with Crippen LogP contribution in [0.5, 0.6) is 0 Å². The van der Waals surface area contributed by atoms with Gasteiger partial charge in [-0.3, -0.25) is 0 Å². The molecule has 2 fully saturated rings. The second-order valence-corrected chi connectivity index (χ2v) is 9.47. The number of benzene rings is 2. The molecule has 0 heterocycles. The van der Waals surface area contributed by atoms with Gasteiger partial charge in [-0.25, -0.2) is 8.78 Å². The van der Waals surface area contributed by atoms with Gasteiger partial charge in [0.05, 0.1) is 5.56 Å². The van der Waals surface area contributed by atoms with Crippen LogP contribution < -0.4 is 0 Å². The predicted molar refractivity (Wildman–Crippen MR) is 119 cm³/mol. The third-order valence-corrected chi connectivity index (χ3v) is 7.34. The molecule has 158 valence electrons. The highest BCUT2D eigenvalue weighted by Gasteiger charge is 2.36. The maximum Gasteiger partial charge on any atom is 0.142 e. The topological polar surface area (TPSA) is 0 Å². The number of hydrogen-bond acceptors (Lipinski definition) is 0. The summed E-state index contributed by atoms with van der Waals surface area (Å²) in [6.07, 6.45) is 9.95. The van der Waals surface area contributed by atoms with Crippen LogP contribution in [-0.4, -0.2) is 0 Å². The zero-order valence-electron chi connectivity index (χ0n) is 18.2. The van der Waals surface area contributed by atoms with Gasteiger partial charge in [0.2, 0.25) is 0 Å². The highest BCUT2D eigenvalue weighted by atomic mass is 19.1. The number of hydrogen-bond donors (Lipinski definition) is 0. The van der Waals surface area contributed by atoms with Crippen molar-refractivity contribution < 1.29 is 8.78 Å². The highest BCUT2D eigenvalue weighted by Crippen LogP contribution is 2.48. The molecule has 4 atom stereocenters. The van der Waals surface area contributed by atoms with Crippen molar-refractivity contribution in [3.05, 3.63) is 70.3 Å². The van der Waals surface area contributed by atoms with Crippen LogP contribution in [0.2, 0.25) is 0 Å². The van der Waals surface area contributed by atoms with Gasteiger partial charge in [-0.1, -0.05) is 55.7 Å². The third kappa shape index (κ3) is 4.77. The van der Waals surface area contributed by atoms with Crippen LogP contribution in [0.4, 0.5) is 8.78 Å². The van der Waals surface area contributed by atoms with Gasteiger partial charge in [-0.2, -0.15) is 0 Å². The lowest BCUT2D eigenvalue weighted by Gasteiger charge is -2.42. The van der Waals surface area contributed by atoms with Crippen LogP contribution in [0.3, 0.4) is 0 Å². The van der Waals surface area contributed by atoms with E-state index in [1.807, 2.05) is 31.2 Å². The summed E-state index contributed by atoms with van der Waals surface area (Å²) in [4.78, 5) is 0. The number of aryl methyl sites for hydroxylation is 1. The molecule has 2 aliphatic carbocycles. The van der Waals surface area contributed by atoms with Gasteiger partial charge in [-0.15, -0.1) is 0 Å². The lowest BCUT2D eigenvalue weighted by atomic mass is 9.63. The maximum absolute atomic E-state index is 14.8. The van der Waals surface area contributed by atoms with E-state index in [9.17, 15) is 8.78 Å². The van der Waals surface area contributed by atoms with Gasteiger partial charge >= 0.3 is 0 Å². The Labute approximate surface area is 180 Å². The molecule has 2 aromatic carbocycles. The molecular weight excluding hydrogens is 374 g/mol. The van der Waals surface area contributed by atoms with Crippen molar-refractivity contribution in [2.24, 2.45) is 17.8 Å². The molecule has 2 saturated carbocycles. The fourth-order valence-electron chi connectivity index (χ4n) is 5.68. The van der Waals surface area contributed by atoms with E-state index in [2.05, 4.69) is 18.8 Å². The summed E-state index contributed by atoms with van der Waals surface area (Å²) in [6.45, 7) is 4.28. The van der Waals surface area contributed by atoms with Gasteiger partial charge in [-0.05, 0) is 92.5 Å². The monoisotopic (exact) mass is 406 g/mol. The van der Waals surface area contributed by atoms with Gasteiger partial charge in [0.1, 0.15) is 11.6 Å². The van der Waals surface area contributed by atoms with Gasteiger partial charge in [0, 0.05) is 5.56 Å². The second-order valence-electron chi connectivity index (χ2n) is 9.47. The van der Waals surface area contributed by atoms with Crippen molar-refractivity contribution in [3.8, 4) is 11.8 Å². The molecule has 2 heteroatoms.